The van der Waals surface area contributed by atoms with Crippen LogP contribution < -0.4 is 4.31 Å². The minimum atomic E-state index is -3.97. The van der Waals surface area contributed by atoms with Crippen LogP contribution in [-0.4, -0.2) is 20.2 Å². The minimum absolute atomic E-state index is 0.0482. The first-order valence-electron chi connectivity index (χ1n) is 6.44. The molecule has 0 aliphatic heterocycles. The summed E-state index contributed by atoms with van der Waals surface area (Å²) in [6.07, 6.45) is 0. The molecule has 0 radical (unpaired) electrons. The first-order valence-corrected chi connectivity index (χ1v) is 9.02. The number of anilines is 1. The van der Waals surface area contributed by atoms with E-state index in [1.165, 1.54) is 30.3 Å². The van der Waals surface area contributed by atoms with Gasteiger partial charge in [0.25, 0.3) is 10.0 Å². The van der Waals surface area contributed by atoms with E-state index in [9.17, 15) is 13.2 Å². The highest BCUT2D eigenvalue weighted by molar-refractivity contribution is 7.92. The van der Waals surface area contributed by atoms with Gasteiger partial charge in [0, 0.05) is 0 Å². The van der Waals surface area contributed by atoms with E-state index in [1.807, 2.05) is 6.92 Å². The molecule has 0 amide bonds. The van der Waals surface area contributed by atoms with Crippen LogP contribution in [0.2, 0.25) is 10.0 Å². The summed E-state index contributed by atoms with van der Waals surface area (Å²) in [5.41, 5.74) is 1.12. The Morgan fingerprint density at radius 3 is 2.17 bits per heavy atom. The zero-order valence-electron chi connectivity index (χ0n) is 12.0. The molecule has 8 heteroatoms. The van der Waals surface area contributed by atoms with Crippen molar-refractivity contribution in [3.05, 3.63) is 58.1 Å². The van der Waals surface area contributed by atoms with Gasteiger partial charge < -0.3 is 0 Å². The average molecular weight is 393 g/mol. The quantitative estimate of drug-likeness (QED) is 0.714. The summed E-state index contributed by atoms with van der Waals surface area (Å²) in [6, 6.07) is 10.6. The van der Waals surface area contributed by atoms with Crippen molar-refractivity contribution in [2.24, 2.45) is 0 Å². The fraction of sp³-hybridized carbons (Fsp3) is 0.133. The molecule has 0 bridgehead atoms. The third-order valence-corrected chi connectivity index (χ3v) is 5.71. The number of rotatable bonds is 5. The molecule has 0 aromatic heterocycles. The molecule has 23 heavy (non-hydrogen) atoms. The molecular formula is C15H12Cl3NO3S. The molecule has 0 atom stereocenters. The topological polar surface area (TPSA) is 54.5 Å². The Kier molecular flexibility index (Phi) is 5.57. The van der Waals surface area contributed by atoms with Crippen LogP contribution in [0, 0.1) is 6.92 Å². The summed E-state index contributed by atoms with van der Waals surface area (Å²) < 4.78 is 26.5. The summed E-state index contributed by atoms with van der Waals surface area (Å²) in [5, 5.41) is -0.359. The van der Waals surface area contributed by atoms with Crippen molar-refractivity contribution >= 4 is 55.8 Å². The van der Waals surface area contributed by atoms with Crippen LogP contribution in [0.4, 0.5) is 5.69 Å². The molecule has 0 aliphatic rings. The van der Waals surface area contributed by atoms with Gasteiger partial charge in [0.1, 0.15) is 6.54 Å². The number of halogens is 3. The Balaban J connectivity index is 2.55. The van der Waals surface area contributed by atoms with E-state index in [0.717, 1.165) is 9.87 Å². The first kappa shape index (κ1) is 18.1. The van der Waals surface area contributed by atoms with Crippen LogP contribution in [0.3, 0.4) is 0 Å². The lowest BCUT2D eigenvalue weighted by Gasteiger charge is -2.23. The van der Waals surface area contributed by atoms with Crippen molar-refractivity contribution in [1.29, 1.82) is 0 Å². The van der Waals surface area contributed by atoms with E-state index in [1.54, 1.807) is 12.1 Å². The monoisotopic (exact) mass is 391 g/mol. The fourth-order valence-corrected chi connectivity index (χ4v) is 3.80. The molecule has 2 rings (SSSR count). The number of hydrogen-bond donors (Lipinski definition) is 0. The molecule has 0 unspecified atom stereocenters. The summed E-state index contributed by atoms with van der Waals surface area (Å²) in [4.78, 5) is 11.4. The van der Waals surface area contributed by atoms with Crippen molar-refractivity contribution in [2.45, 2.75) is 11.8 Å². The van der Waals surface area contributed by atoms with Gasteiger partial charge in [0.2, 0.25) is 5.24 Å². The number of carbonyl (C=O) groups excluding carboxylic acids is 1. The molecule has 0 saturated heterocycles. The summed E-state index contributed by atoms with van der Waals surface area (Å²) in [6.45, 7) is 1.32. The van der Waals surface area contributed by atoms with E-state index in [0.29, 0.717) is 0 Å². The first-order chi connectivity index (χ1) is 10.7. The van der Waals surface area contributed by atoms with Gasteiger partial charge in [-0.15, -0.1) is 0 Å². The van der Waals surface area contributed by atoms with Crippen LogP contribution in [0.15, 0.2) is 47.4 Å². The van der Waals surface area contributed by atoms with Crippen molar-refractivity contribution < 1.29 is 13.2 Å². The van der Waals surface area contributed by atoms with Crippen molar-refractivity contribution in [1.82, 2.24) is 0 Å². The van der Waals surface area contributed by atoms with Crippen molar-refractivity contribution in [3.63, 3.8) is 0 Å². The average Bonchev–Trinajstić information content (AvgIpc) is 2.48. The maximum absolute atomic E-state index is 12.8. The van der Waals surface area contributed by atoms with Gasteiger partial charge >= 0.3 is 0 Å². The number of aryl methyl sites for hydroxylation is 1. The second kappa shape index (κ2) is 7.09. The summed E-state index contributed by atoms with van der Waals surface area (Å²) >= 11 is 17.2. The second-order valence-corrected chi connectivity index (χ2v) is 7.88. The Bertz CT molecular complexity index is 836. The van der Waals surface area contributed by atoms with Crippen LogP contribution in [-0.2, 0) is 14.8 Å². The molecule has 122 valence electrons. The van der Waals surface area contributed by atoms with Crippen LogP contribution in [0.1, 0.15) is 5.56 Å². The zero-order chi connectivity index (χ0) is 17.2. The number of nitrogens with zero attached hydrogens (tertiary/aromatic N) is 1. The fourth-order valence-electron chi connectivity index (χ4n) is 1.91. The molecule has 2 aromatic rings. The number of carbonyl (C=O) groups is 1. The lowest BCUT2D eigenvalue weighted by molar-refractivity contribution is -0.110. The van der Waals surface area contributed by atoms with Crippen LogP contribution in [0.5, 0.6) is 0 Å². The van der Waals surface area contributed by atoms with Gasteiger partial charge in [-0.05, 0) is 48.9 Å². The lowest BCUT2D eigenvalue weighted by Crippen LogP contribution is -2.34. The van der Waals surface area contributed by atoms with Gasteiger partial charge in [0.05, 0.1) is 20.6 Å². The second-order valence-electron chi connectivity index (χ2n) is 4.78. The predicted molar refractivity (Wildman–Crippen MR) is 93.0 cm³/mol. The Morgan fingerprint density at radius 1 is 1.04 bits per heavy atom. The molecule has 0 saturated carbocycles. The Morgan fingerprint density at radius 2 is 1.65 bits per heavy atom. The predicted octanol–water partition coefficient (Wildman–Crippen LogP) is 4.26. The largest absolute Gasteiger partial charge is 0.279 e. The molecular weight excluding hydrogens is 381 g/mol. The van der Waals surface area contributed by atoms with Crippen LogP contribution >= 0.6 is 34.8 Å². The molecule has 0 fully saturated rings. The maximum atomic E-state index is 12.8. The standard InChI is InChI=1S/C15H12Cl3NO3S/c1-10-2-5-12(6-3-10)23(21,22)19(9-15(18)20)11-4-7-13(16)14(17)8-11/h2-8H,9H2,1H3. The summed E-state index contributed by atoms with van der Waals surface area (Å²) in [7, 11) is -3.97. The zero-order valence-corrected chi connectivity index (χ0v) is 15.0. The third-order valence-electron chi connectivity index (χ3n) is 3.07. The highest BCUT2D eigenvalue weighted by Crippen LogP contribution is 2.30. The molecule has 0 spiro atoms. The van der Waals surface area contributed by atoms with Crippen LogP contribution in [0.25, 0.3) is 0 Å². The Labute approximate surface area is 149 Å². The van der Waals surface area contributed by atoms with E-state index < -0.39 is 21.8 Å². The number of benzene rings is 2. The minimum Gasteiger partial charge on any atom is -0.279 e. The smallest absolute Gasteiger partial charge is 0.264 e. The van der Waals surface area contributed by atoms with Gasteiger partial charge in [-0.25, -0.2) is 8.42 Å². The molecule has 4 nitrogen and oxygen atoms in total. The lowest BCUT2D eigenvalue weighted by atomic mass is 10.2. The SMILES string of the molecule is Cc1ccc(S(=O)(=O)N(CC(=O)Cl)c2ccc(Cl)c(Cl)c2)cc1. The van der Waals surface area contributed by atoms with E-state index in [-0.39, 0.29) is 20.6 Å². The highest BCUT2D eigenvalue weighted by Gasteiger charge is 2.27. The van der Waals surface area contributed by atoms with Crippen molar-refractivity contribution in [3.8, 4) is 0 Å². The van der Waals surface area contributed by atoms with E-state index in [4.69, 9.17) is 34.8 Å². The maximum Gasteiger partial charge on any atom is 0.264 e. The number of sulfonamides is 1. The van der Waals surface area contributed by atoms with E-state index >= 15 is 0 Å². The van der Waals surface area contributed by atoms with Gasteiger partial charge in [-0.2, -0.15) is 0 Å². The van der Waals surface area contributed by atoms with Gasteiger partial charge in [-0.1, -0.05) is 40.9 Å². The summed E-state index contributed by atoms with van der Waals surface area (Å²) in [5.74, 6) is 0. The van der Waals surface area contributed by atoms with Gasteiger partial charge in [0.15, 0.2) is 0 Å². The normalized spacial score (nSPS) is 11.3. The highest BCUT2D eigenvalue weighted by atomic mass is 35.5. The Hall–Kier alpha value is -1.27. The number of hydrogen-bond acceptors (Lipinski definition) is 3. The molecule has 2 aromatic carbocycles. The van der Waals surface area contributed by atoms with Gasteiger partial charge in [-0.3, -0.25) is 9.10 Å². The molecule has 0 aliphatic carbocycles. The molecule has 0 heterocycles. The third kappa shape index (κ3) is 4.18. The van der Waals surface area contributed by atoms with E-state index in [2.05, 4.69) is 0 Å². The van der Waals surface area contributed by atoms with Crippen molar-refractivity contribution in [2.75, 3.05) is 10.8 Å². The molecule has 0 N–H and O–H groups in total.